The maximum atomic E-state index is 13.7. The molecule has 0 radical (unpaired) electrons. The molecule has 30 heavy (non-hydrogen) atoms. The van der Waals surface area contributed by atoms with Crippen molar-refractivity contribution in [3.8, 4) is 0 Å². The summed E-state index contributed by atoms with van der Waals surface area (Å²) in [4.78, 5) is 27.9. The van der Waals surface area contributed by atoms with Crippen molar-refractivity contribution in [2.45, 2.75) is 19.4 Å². The van der Waals surface area contributed by atoms with Crippen molar-refractivity contribution in [2.75, 3.05) is 0 Å². The van der Waals surface area contributed by atoms with Gasteiger partial charge in [0.25, 0.3) is 0 Å². The SMILES string of the molecule is O=C(C1=C(c2ccccc2)N(Cc2cccc(F)c2)C(=O)CC1)c1ccccc1Cl. The largest absolute Gasteiger partial charge is 0.307 e. The first-order chi connectivity index (χ1) is 14.5. The number of hydrogen-bond acceptors (Lipinski definition) is 2. The normalized spacial score (nSPS) is 14.2. The summed E-state index contributed by atoms with van der Waals surface area (Å²) in [6, 6.07) is 22.4. The van der Waals surface area contributed by atoms with Gasteiger partial charge in [-0.1, -0.05) is 66.2 Å². The molecule has 4 rings (SSSR count). The highest BCUT2D eigenvalue weighted by Gasteiger charge is 2.32. The maximum absolute atomic E-state index is 13.7. The van der Waals surface area contributed by atoms with Crippen molar-refractivity contribution in [1.29, 1.82) is 0 Å². The van der Waals surface area contributed by atoms with Gasteiger partial charge in [-0.05, 0) is 41.8 Å². The summed E-state index contributed by atoms with van der Waals surface area (Å²) in [6.45, 7) is 0.181. The van der Waals surface area contributed by atoms with Gasteiger partial charge < -0.3 is 4.90 Å². The van der Waals surface area contributed by atoms with Gasteiger partial charge in [-0.15, -0.1) is 0 Å². The van der Waals surface area contributed by atoms with Crippen LogP contribution in [0.2, 0.25) is 5.02 Å². The van der Waals surface area contributed by atoms with Crippen molar-refractivity contribution in [2.24, 2.45) is 0 Å². The van der Waals surface area contributed by atoms with Crippen LogP contribution in [0.3, 0.4) is 0 Å². The highest BCUT2D eigenvalue weighted by atomic mass is 35.5. The first kappa shape index (κ1) is 20.0. The third-order valence-corrected chi connectivity index (χ3v) is 5.44. The minimum atomic E-state index is -0.366. The molecule has 0 unspecified atom stereocenters. The van der Waals surface area contributed by atoms with E-state index in [1.54, 1.807) is 41.3 Å². The van der Waals surface area contributed by atoms with E-state index in [0.29, 0.717) is 33.8 Å². The monoisotopic (exact) mass is 419 g/mol. The number of allylic oxidation sites excluding steroid dienone is 1. The number of Topliss-reactive ketones (excluding diaryl/α,β-unsaturated/α-hetero) is 1. The third-order valence-electron chi connectivity index (χ3n) is 5.12. The Morgan fingerprint density at radius 3 is 2.40 bits per heavy atom. The number of nitrogens with zero attached hydrogens (tertiary/aromatic N) is 1. The summed E-state index contributed by atoms with van der Waals surface area (Å²) < 4.78 is 13.7. The van der Waals surface area contributed by atoms with Gasteiger partial charge in [0.15, 0.2) is 5.78 Å². The van der Waals surface area contributed by atoms with Gasteiger partial charge in [0.2, 0.25) is 5.91 Å². The molecule has 3 nitrogen and oxygen atoms in total. The number of carbonyl (C=O) groups excluding carboxylic acids is 2. The van der Waals surface area contributed by atoms with E-state index in [1.165, 1.54) is 12.1 Å². The Kier molecular flexibility index (Phi) is 5.77. The van der Waals surface area contributed by atoms with Crippen LogP contribution >= 0.6 is 11.6 Å². The highest BCUT2D eigenvalue weighted by molar-refractivity contribution is 6.35. The van der Waals surface area contributed by atoms with E-state index in [-0.39, 0.29) is 30.5 Å². The molecular formula is C25H19ClFNO2. The number of halogens is 2. The molecule has 0 saturated heterocycles. The predicted octanol–water partition coefficient (Wildman–Crippen LogP) is 5.90. The van der Waals surface area contributed by atoms with Gasteiger partial charge in [0.05, 0.1) is 17.3 Å². The second-order valence-corrected chi connectivity index (χ2v) is 7.52. The number of rotatable bonds is 5. The molecule has 0 aliphatic carbocycles. The topological polar surface area (TPSA) is 37.4 Å². The summed E-state index contributed by atoms with van der Waals surface area (Å²) >= 11 is 6.28. The summed E-state index contributed by atoms with van der Waals surface area (Å²) in [7, 11) is 0. The molecule has 0 spiro atoms. The second kappa shape index (κ2) is 8.64. The number of ketones is 1. The second-order valence-electron chi connectivity index (χ2n) is 7.11. The molecule has 0 N–H and O–H groups in total. The highest BCUT2D eigenvalue weighted by Crippen LogP contribution is 2.35. The Bertz CT molecular complexity index is 1140. The Balaban J connectivity index is 1.85. The zero-order valence-electron chi connectivity index (χ0n) is 16.1. The molecule has 3 aromatic rings. The molecule has 0 aromatic heterocycles. The average Bonchev–Trinajstić information content (AvgIpc) is 2.75. The Morgan fingerprint density at radius 1 is 0.933 bits per heavy atom. The van der Waals surface area contributed by atoms with Crippen LogP contribution in [0.5, 0.6) is 0 Å². The first-order valence-electron chi connectivity index (χ1n) is 9.67. The molecule has 1 amide bonds. The summed E-state index contributed by atoms with van der Waals surface area (Å²) in [5.41, 5.74) is 2.91. The fraction of sp³-hybridized carbons (Fsp3) is 0.120. The van der Waals surface area contributed by atoms with Gasteiger partial charge in [-0.3, -0.25) is 9.59 Å². The lowest BCUT2D eigenvalue weighted by Gasteiger charge is -2.32. The van der Waals surface area contributed by atoms with E-state index in [1.807, 2.05) is 30.3 Å². The minimum Gasteiger partial charge on any atom is -0.307 e. The molecule has 1 aliphatic rings. The van der Waals surface area contributed by atoms with Crippen molar-refractivity contribution in [3.63, 3.8) is 0 Å². The summed E-state index contributed by atoms with van der Waals surface area (Å²) in [5.74, 6) is -0.667. The van der Waals surface area contributed by atoms with Crippen LogP contribution in [0.15, 0.2) is 84.4 Å². The lowest BCUT2D eigenvalue weighted by molar-refractivity contribution is -0.128. The van der Waals surface area contributed by atoms with E-state index in [4.69, 9.17) is 11.6 Å². The molecule has 0 saturated carbocycles. The van der Waals surface area contributed by atoms with Crippen LogP contribution in [0.1, 0.15) is 34.3 Å². The summed E-state index contributed by atoms with van der Waals surface area (Å²) in [5, 5.41) is 0.371. The molecule has 3 aromatic carbocycles. The van der Waals surface area contributed by atoms with Crippen LogP contribution in [-0.2, 0) is 11.3 Å². The van der Waals surface area contributed by atoms with Gasteiger partial charge in [-0.2, -0.15) is 0 Å². The quantitative estimate of drug-likeness (QED) is 0.483. The molecule has 0 atom stereocenters. The number of amides is 1. The minimum absolute atomic E-state index is 0.103. The van der Waals surface area contributed by atoms with Crippen molar-refractivity contribution < 1.29 is 14.0 Å². The molecule has 0 fully saturated rings. The number of carbonyl (C=O) groups is 2. The van der Waals surface area contributed by atoms with Crippen LogP contribution < -0.4 is 0 Å². The average molecular weight is 420 g/mol. The Morgan fingerprint density at radius 2 is 1.67 bits per heavy atom. The maximum Gasteiger partial charge on any atom is 0.227 e. The molecule has 150 valence electrons. The van der Waals surface area contributed by atoms with Gasteiger partial charge >= 0.3 is 0 Å². The predicted molar refractivity (Wildman–Crippen MR) is 115 cm³/mol. The van der Waals surface area contributed by atoms with Crippen LogP contribution in [0, 0.1) is 5.82 Å². The fourth-order valence-corrected chi connectivity index (χ4v) is 3.93. The first-order valence-corrected chi connectivity index (χ1v) is 10.0. The Hall–Kier alpha value is -3.24. The number of hydrogen-bond donors (Lipinski definition) is 0. The molecule has 1 aliphatic heterocycles. The Labute approximate surface area is 179 Å². The van der Waals surface area contributed by atoms with Crippen molar-refractivity contribution >= 4 is 29.0 Å². The van der Waals surface area contributed by atoms with Gasteiger partial charge in [0.1, 0.15) is 5.82 Å². The van der Waals surface area contributed by atoms with E-state index < -0.39 is 0 Å². The lowest BCUT2D eigenvalue weighted by atomic mass is 9.90. The van der Waals surface area contributed by atoms with Crippen LogP contribution in [0.4, 0.5) is 4.39 Å². The van der Waals surface area contributed by atoms with E-state index >= 15 is 0 Å². The van der Waals surface area contributed by atoms with Crippen molar-refractivity contribution in [1.82, 2.24) is 4.90 Å². The molecule has 0 bridgehead atoms. The number of benzene rings is 3. The smallest absolute Gasteiger partial charge is 0.227 e. The molecule has 5 heteroatoms. The summed E-state index contributed by atoms with van der Waals surface area (Å²) in [6.07, 6.45) is 0.532. The molecule has 1 heterocycles. The zero-order chi connectivity index (χ0) is 21.1. The van der Waals surface area contributed by atoms with E-state index in [0.717, 1.165) is 5.56 Å². The fourth-order valence-electron chi connectivity index (χ4n) is 3.71. The van der Waals surface area contributed by atoms with E-state index in [9.17, 15) is 14.0 Å². The zero-order valence-corrected chi connectivity index (χ0v) is 16.9. The third kappa shape index (κ3) is 4.05. The van der Waals surface area contributed by atoms with Crippen LogP contribution in [0.25, 0.3) is 5.70 Å². The van der Waals surface area contributed by atoms with E-state index in [2.05, 4.69) is 0 Å². The standard InChI is InChI=1S/C25H19ClFNO2/c26-22-12-5-4-11-20(22)25(30)21-13-14-23(29)28(16-17-7-6-10-19(27)15-17)24(21)18-8-2-1-3-9-18/h1-12,15H,13-14,16H2. The van der Waals surface area contributed by atoms with Gasteiger partial charge in [0, 0.05) is 17.6 Å². The van der Waals surface area contributed by atoms with Crippen molar-refractivity contribution in [3.05, 3.63) is 112 Å². The van der Waals surface area contributed by atoms with Crippen LogP contribution in [-0.4, -0.2) is 16.6 Å². The molecular weight excluding hydrogens is 401 g/mol. The lowest BCUT2D eigenvalue weighted by Crippen LogP contribution is -2.34. The van der Waals surface area contributed by atoms with Gasteiger partial charge in [-0.25, -0.2) is 4.39 Å².